The lowest BCUT2D eigenvalue weighted by Gasteiger charge is -2.04. The second-order valence-corrected chi connectivity index (χ2v) is 4.33. The molecule has 0 aliphatic carbocycles. The van der Waals surface area contributed by atoms with Gasteiger partial charge in [-0.05, 0) is 12.1 Å². The number of aromatic amines is 1. The number of hydrogen-bond donors (Lipinski definition) is 2. The number of carbonyl (C=O) groups is 1. The molecule has 1 amide bonds. The second-order valence-electron chi connectivity index (χ2n) is 4.33. The van der Waals surface area contributed by atoms with Gasteiger partial charge in [-0.1, -0.05) is 18.2 Å². The van der Waals surface area contributed by atoms with Crippen molar-refractivity contribution >= 4 is 16.8 Å². The molecule has 19 heavy (non-hydrogen) atoms. The highest BCUT2D eigenvalue weighted by molar-refractivity contribution is 5.97. The number of nitrogens with zero attached hydrogens (tertiary/aromatic N) is 2. The van der Waals surface area contributed by atoms with Gasteiger partial charge in [0, 0.05) is 36.4 Å². The lowest BCUT2D eigenvalue weighted by molar-refractivity contribution is 0.0948. The molecule has 2 N–H and O–H groups in total. The molecule has 5 nitrogen and oxygen atoms in total. The highest BCUT2D eigenvalue weighted by atomic mass is 16.1. The Bertz CT molecular complexity index is 651. The summed E-state index contributed by atoms with van der Waals surface area (Å²) < 4.78 is 1.92. The molecule has 0 radical (unpaired) electrons. The standard InChI is InChI=1S/C14H14N4O/c19-14(16-6-8-18-7-5-15-10-18)13-9-11-3-1-2-4-12(11)17-13/h1-5,7,9-10,17H,6,8H2,(H,16,19). The summed E-state index contributed by atoms with van der Waals surface area (Å²) >= 11 is 0. The maximum absolute atomic E-state index is 12.0. The van der Waals surface area contributed by atoms with E-state index in [4.69, 9.17) is 0 Å². The largest absolute Gasteiger partial charge is 0.351 e. The number of nitrogens with one attached hydrogen (secondary N) is 2. The zero-order valence-electron chi connectivity index (χ0n) is 10.3. The molecular weight excluding hydrogens is 240 g/mol. The van der Waals surface area contributed by atoms with Crippen LogP contribution in [0.1, 0.15) is 10.5 Å². The molecule has 96 valence electrons. The molecule has 0 bridgehead atoms. The van der Waals surface area contributed by atoms with Crippen molar-refractivity contribution in [3.05, 3.63) is 54.7 Å². The minimum Gasteiger partial charge on any atom is -0.351 e. The molecule has 3 rings (SSSR count). The molecule has 5 heteroatoms. The molecule has 0 saturated heterocycles. The predicted octanol–water partition coefficient (Wildman–Crippen LogP) is 1.79. The van der Waals surface area contributed by atoms with Crippen molar-refractivity contribution in [3.8, 4) is 0 Å². The number of H-pyrrole nitrogens is 1. The van der Waals surface area contributed by atoms with E-state index in [9.17, 15) is 4.79 Å². The minimum absolute atomic E-state index is 0.0867. The SMILES string of the molecule is O=C(NCCn1ccnc1)c1cc2ccccc2[nH]1. The third kappa shape index (κ3) is 2.49. The molecule has 0 saturated carbocycles. The average Bonchev–Trinajstić information content (AvgIpc) is 3.07. The van der Waals surface area contributed by atoms with Crippen LogP contribution in [0.15, 0.2) is 49.1 Å². The molecule has 0 atom stereocenters. The van der Waals surface area contributed by atoms with Crippen molar-refractivity contribution < 1.29 is 4.79 Å². The molecule has 0 aliphatic heterocycles. The number of benzene rings is 1. The van der Waals surface area contributed by atoms with Crippen LogP contribution < -0.4 is 5.32 Å². The summed E-state index contributed by atoms with van der Waals surface area (Å²) in [5.74, 6) is -0.0867. The normalized spacial score (nSPS) is 10.7. The molecule has 0 fully saturated rings. The van der Waals surface area contributed by atoms with Crippen LogP contribution in [0, 0.1) is 0 Å². The van der Waals surface area contributed by atoms with Crippen molar-refractivity contribution in [2.24, 2.45) is 0 Å². The Balaban J connectivity index is 1.63. The Morgan fingerprint density at radius 2 is 2.26 bits per heavy atom. The van der Waals surface area contributed by atoms with E-state index in [1.54, 1.807) is 12.5 Å². The fraction of sp³-hybridized carbons (Fsp3) is 0.143. The monoisotopic (exact) mass is 254 g/mol. The number of carbonyl (C=O) groups excluding carboxylic acids is 1. The fourth-order valence-corrected chi connectivity index (χ4v) is 2.01. The highest BCUT2D eigenvalue weighted by Gasteiger charge is 2.08. The number of aromatic nitrogens is 3. The van der Waals surface area contributed by atoms with Gasteiger partial charge in [-0.25, -0.2) is 4.98 Å². The van der Waals surface area contributed by atoms with E-state index in [0.717, 1.165) is 10.9 Å². The summed E-state index contributed by atoms with van der Waals surface area (Å²) in [4.78, 5) is 19.0. The number of para-hydroxylation sites is 1. The maximum atomic E-state index is 12.0. The number of rotatable bonds is 4. The summed E-state index contributed by atoms with van der Waals surface area (Å²) in [5.41, 5.74) is 1.56. The maximum Gasteiger partial charge on any atom is 0.267 e. The van der Waals surface area contributed by atoms with Gasteiger partial charge in [0.2, 0.25) is 0 Å². The Labute approximate surface area is 110 Å². The Hall–Kier alpha value is -2.56. The van der Waals surface area contributed by atoms with Crippen LogP contribution >= 0.6 is 0 Å². The van der Waals surface area contributed by atoms with Gasteiger partial charge in [-0.3, -0.25) is 4.79 Å². The van der Waals surface area contributed by atoms with Crippen LogP contribution in [0.5, 0.6) is 0 Å². The van der Waals surface area contributed by atoms with Gasteiger partial charge in [0.05, 0.1) is 6.33 Å². The zero-order valence-corrected chi connectivity index (χ0v) is 10.3. The van der Waals surface area contributed by atoms with E-state index >= 15 is 0 Å². The first-order valence-electron chi connectivity index (χ1n) is 6.14. The van der Waals surface area contributed by atoms with Gasteiger partial charge < -0.3 is 14.9 Å². The first-order chi connectivity index (χ1) is 9.33. The first kappa shape index (κ1) is 11.5. The molecular formula is C14H14N4O. The van der Waals surface area contributed by atoms with Crippen LogP contribution in [-0.2, 0) is 6.54 Å². The van der Waals surface area contributed by atoms with Gasteiger partial charge in [0.1, 0.15) is 5.69 Å². The van der Waals surface area contributed by atoms with Crippen LogP contribution in [0.25, 0.3) is 10.9 Å². The molecule has 0 aliphatic rings. The smallest absolute Gasteiger partial charge is 0.267 e. The second kappa shape index (κ2) is 4.97. The van der Waals surface area contributed by atoms with E-state index in [2.05, 4.69) is 15.3 Å². The topological polar surface area (TPSA) is 62.7 Å². The van der Waals surface area contributed by atoms with Gasteiger partial charge in [0.25, 0.3) is 5.91 Å². The van der Waals surface area contributed by atoms with Crippen LogP contribution in [0.3, 0.4) is 0 Å². The molecule has 0 unspecified atom stereocenters. The van der Waals surface area contributed by atoms with E-state index < -0.39 is 0 Å². The van der Waals surface area contributed by atoms with E-state index in [-0.39, 0.29) is 5.91 Å². The third-order valence-electron chi connectivity index (χ3n) is 2.99. The van der Waals surface area contributed by atoms with Crippen LogP contribution in [0.2, 0.25) is 0 Å². The van der Waals surface area contributed by atoms with Gasteiger partial charge in [-0.2, -0.15) is 0 Å². The van der Waals surface area contributed by atoms with Crippen molar-refractivity contribution in [1.29, 1.82) is 0 Å². The fourth-order valence-electron chi connectivity index (χ4n) is 2.01. The van der Waals surface area contributed by atoms with Crippen molar-refractivity contribution in [2.45, 2.75) is 6.54 Å². The molecule has 1 aromatic carbocycles. The van der Waals surface area contributed by atoms with E-state index in [1.807, 2.05) is 41.1 Å². The van der Waals surface area contributed by atoms with Crippen molar-refractivity contribution in [3.63, 3.8) is 0 Å². The van der Waals surface area contributed by atoms with E-state index in [1.165, 1.54) is 0 Å². The van der Waals surface area contributed by atoms with Gasteiger partial charge in [-0.15, -0.1) is 0 Å². The molecule has 3 aromatic rings. The van der Waals surface area contributed by atoms with Crippen molar-refractivity contribution in [1.82, 2.24) is 19.9 Å². The lowest BCUT2D eigenvalue weighted by atomic mass is 10.2. The van der Waals surface area contributed by atoms with Gasteiger partial charge >= 0.3 is 0 Å². The zero-order chi connectivity index (χ0) is 13.1. The van der Waals surface area contributed by atoms with Gasteiger partial charge in [0.15, 0.2) is 0 Å². The average molecular weight is 254 g/mol. The Morgan fingerprint density at radius 1 is 1.37 bits per heavy atom. The molecule has 2 aromatic heterocycles. The number of fused-ring (bicyclic) bond motifs is 1. The number of imidazole rings is 1. The highest BCUT2D eigenvalue weighted by Crippen LogP contribution is 2.14. The molecule has 2 heterocycles. The Morgan fingerprint density at radius 3 is 3.05 bits per heavy atom. The summed E-state index contributed by atoms with van der Waals surface area (Å²) in [6.45, 7) is 1.29. The number of hydrogen-bond acceptors (Lipinski definition) is 2. The number of amides is 1. The first-order valence-corrected chi connectivity index (χ1v) is 6.14. The summed E-state index contributed by atoms with van der Waals surface area (Å²) in [6.07, 6.45) is 5.32. The quantitative estimate of drug-likeness (QED) is 0.745. The van der Waals surface area contributed by atoms with Crippen molar-refractivity contribution in [2.75, 3.05) is 6.54 Å². The summed E-state index contributed by atoms with van der Waals surface area (Å²) in [7, 11) is 0. The lowest BCUT2D eigenvalue weighted by Crippen LogP contribution is -2.27. The van der Waals surface area contributed by atoms with Crippen LogP contribution in [0.4, 0.5) is 0 Å². The summed E-state index contributed by atoms with van der Waals surface area (Å²) in [5, 5.41) is 3.92. The third-order valence-corrected chi connectivity index (χ3v) is 2.99. The Kier molecular flexibility index (Phi) is 3.02. The minimum atomic E-state index is -0.0867. The summed E-state index contributed by atoms with van der Waals surface area (Å²) in [6, 6.07) is 9.70. The molecule has 0 spiro atoms. The van der Waals surface area contributed by atoms with Crippen LogP contribution in [-0.4, -0.2) is 27.0 Å². The van der Waals surface area contributed by atoms with E-state index in [0.29, 0.717) is 18.8 Å². The predicted molar refractivity (Wildman–Crippen MR) is 72.9 cm³/mol.